The normalized spacial score (nSPS) is 12.0. The van der Waals surface area contributed by atoms with Gasteiger partial charge in [-0.15, -0.1) is 0 Å². The third kappa shape index (κ3) is 14.8. The molecule has 0 heterocycles. The van der Waals surface area contributed by atoms with Crippen LogP contribution in [0.1, 0.15) is 25.7 Å². The van der Waals surface area contributed by atoms with Crippen LogP contribution in [0.3, 0.4) is 0 Å². The van der Waals surface area contributed by atoms with Gasteiger partial charge in [0.1, 0.15) is 0 Å². The van der Waals surface area contributed by atoms with Crippen molar-refractivity contribution in [1.82, 2.24) is 0 Å². The first-order valence-corrected chi connectivity index (χ1v) is 9.37. The van der Waals surface area contributed by atoms with E-state index >= 15 is 0 Å². The van der Waals surface area contributed by atoms with Gasteiger partial charge in [0.15, 0.2) is 0 Å². The summed E-state index contributed by atoms with van der Waals surface area (Å²) in [5, 5.41) is 26.7. The molecule has 3 N–H and O–H groups in total. The van der Waals surface area contributed by atoms with Crippen LogP contribution in [-0.2, 0) is 23.7 Å². The van der Waals surface area contributed by atoms with E-state index < -0.39 is 5.41 Å². The first-order valence-electron chi connectivity index (χ1n) is 9.37. The predicted molar refractivity (Wildman–Crippen MR) is 97.3 cm³/mol. The van der Waals surface area contributed by atoms with Gasteiger partial charge < -0.3 is 39.0 Å². The van der Waals surface area contributed by atoms with Gasteiger partial charge >= 0.3 is 0 Å². The molecule has 0 bridgehead atoms. The molecule has 8 heteroatoms. The monoisotopic (exact) mass is 382 g/mol. The zero-order chi connectivity index (χ0) is 19.3. The number of methoxy groups -OCH3 is 1. The average Bonchev–Trinajstić information content (AvgIpc) is 2.65. The molecule has 0 saturated carbocycles. The van der Waals surface area contributed by atoms with Crippen LogP contribution >= 0.6 is 0 Å². The predicted octanol–water partition coefficient (Wildman–Crippen LogP) is 0.223. The third-order valence-corrected chi connectivity index (χ3v) is 3.61. The number of aliphatic hydroxyl groups excluding tert-OH is 3. The second-order valence-corrected chi connectivity index (χ2v) is 6.29. The van der Waals surface area contributed by atoms with Gasteiger partial charge in [-0.25, -0.2) is 0 Å². The van der Waals surface area contributed by atoms with Gasteiger partial charge in [-0.2, -0.15) is 0 Å². The Hall–Kier alpha value is -0.320. The molecule has 8 nitrogen and oxygen atoms in total. The van der Waals surface area contributed by atoms with E-state index in [-0.39, 0.29) is 19.8 Å². The Morgan fingerprint density at radius 1 is 0.538 bits per heavy atom. The lowest BCUT2D eigenvalue weighted by Crippen LogP contribution is -2.42. The number of hydrogen-bond acceptors (Lipinski definition) is 8. The van der Waals surface area contributed by atoms with E-state index in [1.807, 2.05) is 0 Å². The first kappa shape index (κ1) is 25.7. The van der Waals surface area contributed by atoms with Crippen LogP contribution in [0.25, 0.3) is 0 Å². The van der Waals surface area contributed by atoms with Crippen LogP contribution in [0.2, 0.25) is 0 Å². The summed E-state index contributed by atoms with van der Waals surface area (Å²) in [5.41, 5.74) is -0.479. The minimum Gasteiger partial charge on any atom is -0.396 e. The van der Waals surface area contributed by atoms with E-state index in [0.29, 0.717) is 78.7 Å². The van der Waals surface area contributed by atoms with E-state index in [9.17, 15) is 0 Å². The number of hydrogen-bond donors (Lipinski definition) is 3. The second kappa shape index (κ2) is 19.4. The highest BCUT2D eigenvalue weighted by molar-refractivity contribution is 4.79. The summed E-state index contributed by atoms with van der Waals surface area (Å²) in [4.78, 5) is 0. The van der Waals surface area contributed by atoms with Gasteiger partial charge in [0.05, 0.1) is 31.8 Å². The van der Waals surface area contributed by atoms with Crippen molar-refractivity contribution >= 4 is 0 Å². The molecule has 0 atom stereocenters. The Morgan fingerprint density at radius 2 is 0.885 bits per heavy atom. The minimum absolute atomic E-state index is 0.0838. The Bertz CT molecular complexity index is 247. The van der Waals surface area contributed by atoms with E-state index in [1.165, 1.54) is 0 Å². The highest BCUT2D eigenvalue weighted by Crippen LogP contribution is 2.21. The molecule has 0 aliphatic heterocycles. The van der Waals surface area contributed by atoms with Crippen LogP contribution in [0.4, 0.5) is 0 Å². The van der Waals surface area contributed by atoms with Crippen molar-refractivity contribution in [2.45, 2.75) is 25.7 Å². The van der Waals surface area contributed by atoms with Crippen molar-refractivity contribution in [3.8, 4) is 0 Å². The molecule has 0 amide bonds. The zero-order valence-corrected chi connectivity index (χ0v) is 16.2. The van der Waals surface area contributed by atoms with Crippen molar-refractivity contribution in [1.29, 1.82) is 0 Å². The molecule has 0 unspecified atom stereocenters. The Balaban J connectivity index is 4.63. The molecule has 0 saturated heterocycles. The summed E-state index contributed by atoms with van der Waals surface area (Å²) in [6.07, 6.45) is 2.51. The maximum absolute atomic E-state index is 8.91. The zero-order valence-electron chi connectivity index (χ0n) is 16.2. The molecule has 0 aromatic carbocycles. The molecule has 0 radical (unpaired) electrons. The average molecular weight is 382 g/mol. The molecule has 158 valence electrons. The first-order chi connectivity index (χ1) is 12.7. The molecule has 26 heavy (non-hydrogen) atoms. The fourth-order valence-corrected chi connectivity index (χ4v) is 2.21. The smallest absolute Gasteiger partial charge is 0.0637 e. The number of aliphatic hydroxyl groups is 3. The van der Waals surface area contributed by atoms with Crippen molar-refractivity contribution in [3.05, 3.63) is 0 Å². The van der Waals surface area contributed by atoms with Gasteiger partial charge in [-0.3, -0.25) is 0 Å². The van der Waals surface area contributed by atoms with Crippen LogP contribution in [0.5, 0.6) is 0 Å². The van der Waals surface area contributed by atoms with Gasteiger partial charge in [0, 0.05) is 60.0 Å². The van der Waals surface area contributed by atoms with Gasteiger partial charge in [0.25, 0.3) is 0 Å². The molecule has 0 aliphatic rings. The van der Waals surface area contributed by atoms with E-state index in [4.69, 9.17) is 39.0 Å². The van der Waals surface area contributed by atoms with E-state index in [2.05, 4.69) is 0 Å². The van der Waals surface area contributed by atoms with Crippen molar-refractivity contribution in [3.63, 3.8) is 0 Å². The lowest BCUT2D eigenvalue weighted by atomic mass is 9.92. The Morgan fingerprint density at radius 3 is 1.19 bits per heavy atom. The van der Waals surface area contributed by atoms with Crippen molar-refractivity contribution < 1.29 is 39.0 Å². The summed E-state index contributed by atoms with van der Waals surface area (Å²) in [7, 11) is 1.66. The highest BCUT2D eigenvalue weighted by atomic mass is 16.5. The lowest BCUT2D eigenvalue weighted by molar-refractivity contribution is -0.109. The van der Waals surface area contributed by atoms with Crippen LogP contribution in [-0.4, -0.2) is 102 Å². The van der Waals surface area contributed by atoms with Gasteiger partial charge in [-0.1, -0.05) is 0 Å². The molecular formula is C18H38O8. The molecular weight excluding hydrogens is 344 g/mol. The molecule has 0 spiro atoms. The second-order valence-electron chi connectivity index (χ2n) is 6.29. The molecule has 0 aromatic heterocycles. The van der Waals surface area contributed by atoms with E-state index in [0.717, 1.165) is 6.42 Å². The number of ether oxygens (including phenoxy) is 5. The van der Waals surface area contributed by atoms with Crippen LogP contribution < -0.4 is 0 Å². The molecule has 0 fully saturated rings. The molecule has 0 aliphatic carbocycles. The maximum Gasteiger partial charge on any atom is 0.0637 e. The molecule has 0 aromatic rings. The quantitative estimate of drug-likeness (QED) is 0.242. The summed E-state index contributed by atoms with van der Waals surface area (Å²) < 4.78 is 28.0. The fourth-order valence-electron chi connectivity index (χ4n) is 2.21. The standard InChI is InChI=1S/C18H38O8/c1-22-9-5-13-26-17-18(14-23-10-2-6-19,15-24-11-3-7-20)16-25-12-4-8-21/h19-21H,2-17H2,1H3. The summed E-state index contributed by atoms with van der Waals surface area (Å²) >= 11 is 0. The minimum atomic E-state index is -0.479. The Kier molecular flexibility index (Phi) is 19.2. The van der Waals surface area contributed by atoms with E-state index in [1.54, 1.807) is 7.11 Å². The van der Waals surface area contributed by atoms with Crippen molar-refractivity contribution in [2.75, 3.05) is 86.4 Å². The third-order valence-electron chi connectivity index (χ3n) is 3.61. The number of rotatable bonds is 21. The topological polar surface area (TPSA) is 107 Å². The van der Waals surface area contributed by atoms with Crippen molar-refractivity contribution in [2.24, 2.45) is 5.41 Å². The lowest BCUT2D eigenvalue weighted by Gasteiger charge is -2.33. The summed E-state index contributed by atoms with van der Waals surface area (Å²) in [6, 6.07) is 0. The Labute approximate surface area is 157 Å². The highest BCUT2D eigenvalue weighted by Gasteiger charge is 2.32. The van der Waals surface area contributed by atoms with Gasteiger partial charge in [0.2, 0.25) is 0 Å². The maximum atomic E-state index is 8.91. The summed E-state index contributed by atoms with van der Waals surface area (Å²) in [6.45, 7) is 4.38. The summed E-state index contributed by atoms with van der Waals surface area (Å²) in [5.74, 6) is 0. The largest absolute Gasteiger partial charge is 0.396 e. The van der Waals surface area contributed by atoms with Crippen LogP contribution in [0.15, 0.2) is 0 Å². The SMILES string of the molecule is COCCCOCC(COCCCO)(COCCCO)COCCCO. The van der Waals surface area contributed by atoms with Gasteiger partial charge in [-0.05, 0) is 25.7 Å². The fraction of sp³-hybridized carbons (Fsp3) is 1.00. The molecule has 0 rings (SSSR count). The van der Waals surface area contributed by atoms with Crippen LogP contribution in [0, 0.1) is 5.41 Å².